The lowest BCUT2D eigenvalue weighted by Crippen LogP contribution is -2.26. The highest BCUT2D eigenvalue weighted by Crippen LogP contribution is 2.20. The fraction of sp³-hybridized carbons (Fsp3) is 0.200. The van der Waals surface area contributed by atoms with Crippen molar-refractivity contribution in [3.8, 4) is 0 Å². The molecule has 0 aliphatic carbocycles. The number of rotatable bonds is 5. The minimum Gasteiger partial charge on any atom is -0.388 e. The number of aliphatic hydroxyl groups is 1. The monoisotopic (exact) mass is 338 g/mol. The molecule has 128 valence electrons. The molecule has 4 nitrogen and oxygen atoms in total. The lowest BCUT2D eigenvalue weighted by molar-refractivity contribution is 0.0944. The van der Waals surface area contributed by atoms with Crippen molar-refractivity contribution in [1.29, 1.82) is 0 Å². The molecule has 2 aromatic carbocycles. The molecule has 25 heavy (non-hydrogen) atoms. The van der Waals surface area contributed by atoms with Gasteiger partial charge in [0.05, 0.1) is 17.2 Å². The fourth-order valence-electron chi connectivity index (χ4n) is 2.78. The Labute approximate surface area is 145 Å². The minimum absolute atomic E-state index is 0.262. The number of aromatic nitrogens is 1. The molecule has 1 amide bonds. The van der Waals surface area contributed by atoms with Crippen LogP contribution in [0.5, 0.6) is 0 Å². The number of benzene rings is 2. The summed E-state index contributed by atoms with van der Waals surface area (Å²) in [6.07, 6.45) is -0.224. The topological polar surface area (TPSA) is 62.2 Å². The molecule has 0 aliphatic heterocycles. The van der Waals surface area contributed by atoms with Crippen LogP contribution in [-0.2, 0) is 0 Å². The average molecular weight is 338 g/mol. The van der Waals surface area contributed by atoms with Gasteiger partial charge in [-0.3, -0.25) is 9.78 Å². The predicted octanol–water partition coefficient (Wildman–Crippen LogP) is 3.54. The third-order valence-electron chi connectivity index (χ3n) is 4.03. The highest BCUT2D eigenvalue weighted by Gasteiger charge is 2.13. The molecule has 3 aromatic rings. The largest absolute Gasteiger partial charge is 0.388 e. The van der Waals surface area contributed by atoms with Crippen molar-refractivity contribution >= 4 is 16.8 Å². The van der Waals surface area contributed by atoms with E-state index in [4.69, 9.17) is 0 Å². The number of aryl methyl sites for hydroxylation is 1. The van der Waals surface area contributed by atoms with Crippen LogP contribution in [0.15, 0.2) is 54.6 Å². The van der Waals surface area contributed by atoms with E-state index in [0.717, 1.165) is 5.56 Å². The molecule has 0 fully saturated rings. The van der Waals surface area contributed by atoms with Crippen molar-refractivity contribution in [3.63, 3.8) is 0 Å². The van der Waals surface area contributed by atoms with Crippen LogP contribution in [0.4, 0.5) is 4.39 Å². The maximum absolute atomic E-state index is 13.4. The zero-order chi connectivity index (χ0) is 17.8. The van der Waals surface area contributed by atoms with Crippen LogP contribution >= 0.6 is 0 Å². The number of nitrogens with zero attached hydrogens (tertiary/aromatic N) is 1. The summed E-state index contributed by atoms with van der Waals surface area (Å²) < 4.78 is 13.4. The van der Waals surface area contributed by atoms with Crippen molar-refractivity contribution in [2.45, 2.75) is 19.4 Å². The second-order valence-corrected chi connectivity index (χ2v) is 5.94. The van der Waals surface area contributed by atoms with Crippen molar-refractivity contribution < 1.29 is 14.3 Å². The van der Waals surface area contributed by atoms with Gasteiger partial charge < -0.3 is 10.4 Å². The normalized spacial score (nSPS) is 12.1. The Morgan fingerprint density at radius 2 is 1.96 bits per heavy atom. The summed E-state index contributed by atoms with van der Waals surface area (Å²) in [5.41, 5.74) is 2.37. The standard InChI is InChI=1S/C20H19FN2O2/c1-13-11-17(16-8-7-15(21)12-18(16)23-13)20(25)22-10-9-19(24)14-5-3-2-4-6-14/h2-8,11-12,19,24H,9-10H2,1H3,(H,22,25)/t19-/m1/s1. The van der Waals surface area contributed by atoms with Crippen molar-refractivity contribution in [3.05, 3.63) is 77.2 Å². The number of fused-ring (bicyclic) bond motifs is 1. The number of amides is 1. The molecule has 0 unspecified atom stereocenters. The lowest BCUT2D eigenvalue weighted by Gasteiger charge is -2.12. The van der Waals surface area contributed by atoms with Crippen LogP contribution in [0.3, 0.4) is 0 Å². The first-order valence-electron chi connectivity index (χ1n) is 8.13. The van der Waals surface area contributed by atoms with Gasteiger partial charge in [0.25, 0.3) is 5.91 Å². The van der Waals surface area contributed by atoms with Crippen LogP contribution in [0.2, 0.25) is 0 Å². The van der Waals surface area contributed by atoms with Gasteiger partial charge in [-0.05, 0) is 37.1 Å². The summed E-state index contributed by atoms with van der Waals surface area (Å²) >= 11 is 0. The molecule has 2 N–H and O–H groups in total. The Morgan fingerprint density at radius 1 is 1.20 bits per heavy atom. The van der Waals surface area contributed by atoms with Gasteiger partial charge in [0.2, 0.25) is 0 Å². The number of carbonyl (C=O) groups excluding carboxylic acids is 1. The molecule has 1 aromatic heterocycles. The molecule has 3 rings (SSSR count). The van der Waals surface area contributed by atoms with E-state index in [1.165, 1.54) is 12.1 Å². The van der Waals surface area contributed by atoms with Gasteiger partial charge >= 0.3 is 0 Å². The highest BCUT2D eigenvalue weighted by molar-refractivity contribution is 6.06. The molecule has 5 heteroatoms. The van der Waals surface area contributed by atoms with E-state index in [0.29, 0.717) is 35.1 Å². The third kappa shape index (κ3) is 4.00. The van der Waals surface area contributed by atoms with E-state index in [-0.39, 0.29) is 11.7 Å². The van der Waals surface area contributed by atoms with E-state index >= 15 is 0 Å². The molecule has 0 aliphatic rings. The van der Waals surface area contributed by atoms with Crippen LogP contribution in [0.1, 0.15) is 34.1 Å². The molecule has 0 bridgehead atoms. The summed E-state index contributed by atoms with van der Waals surface area (Å²) in [5, 5.41) is 13.6. The molecule has 0 spiro atoms. The SMILES string of the molecule is Cc1cc(C(=O)NCC[C@@H](O)c2ccccc2)c2ccc(F)cc2n1. The number of pyridine rings is 1. The molecule has 1 atom stereocenters. The summed E-state index contributed by atoms with van der Waals surface area (Å²) in [7, 11) is 0. The van der Waals surface area contributed by atoms with Gasteiger partial charge in [0.1, 0.15) is 5.82 Å². The number of halogens is 1. The second-order valence-electron chi connectivity index (χ2n) is 5.94. The Balaban J connectivity index is 1.70. The van der Waals surface area contributed by atoms with Gasteiger partial charge in [-0.2, -0.15) is 0 Å². The minimum atomic E-state index is -0.633. The molecular weight excluding hydrogens is 319 g/mol. The number of hydrogen-bond donors (Lipinski definition) is 2. The Morgan fingerprint density at radius 3 is 2.72 bits per heavy atom. The van der Waals surface area contributed by atoms with Crippen molar-refractivity contribution in [1.82, 2.24) is 10.3 Å². The van der Waals surface area contributed by atoms with Crippen LogP contribution < -0.4 is 5.32 Å². The number of hydrogen-bond acceptors (Lipinski definition) is 3. The third-order valence-corrected chi connectivity index (χ3v) is 4.03. The predicted molar refractivity (Wildman–Crippen MR) is 94.8 cm³/mol. The molecule has 0 radical (unpaired) electrons. The van der Waals surface area contributed by atoms with Gasteiger partial charge in [-0.1, -0.05) is 30.3 Å². The quantitative estimate of drug-likeness (QED) is 0.748. The summed E-state index contributed by atoms with van der Waals surface area (Å²) in [6.45, 7) is 2.10. The van der Waals surface area contributed by atoms with Gasteiger partial charge in [-0.25, -0.2) is 4.39 Å². The van der Waals surface area contributed by atoms with Crippen molar-refractivity contribution in [2.24, 2.45) is 0 Å². The maximum atomic E-state index is 13.4. The van der Waals surface area contributed by atoms with Crippen LogP contribution in [-0.4, -0.2) is 22.5 Å². The van der Waals surface area contributed by atoms with Gasteiger partial charge in [0, 0.05) is 23.7 Å². The zero-order valence-corrected chi connectivity index (χ0v) is 13.9. The van der Waals surface area contributed by atoms with E-state index in [1.54, 1.807) is 19.1 Å². The summed E-state index contributed by atoms with van der Waals surface area (Å²) in [5.74, 6) is -0.648. The van der Waals surface area contributed by atoms with E-state index < -0.39 is 6.10 Å². The van der Waals surface area contributed by atoms with Gasteiger partial charge in [-0.15, -0.1) is 0 Å². The molecule has 0 saturated heterocycles. The molecular formula is C20H19FN2O2. The number of nitrogens with one attached hydrogen (secondary N) is 1. The Kier molecular flexibility index (Phi) is 5.05. The first kappa shape index (κ1) is 17.0. The fourth-order valence-corrected chi connectivity index (χ4v) is 2.78. The first-order chi connectivity index (χ1) is 12.0. The first-order valence-corrected chi connectivity index (χ1v) is 8.13. The number of aliphatic hydroxyl groups excluding tert-OH is 1. The Hall–Kier alpha value is -2.79. The lowest BCUT2D eigenvalue weighted by atomic mass is 10.1. The average Bonchev–Trinajstić information content (AvgIpc) is 2.61. The van der Waals surface area contributed by atoms with E-state index in [9.17, 15) is 14.3 Å². The van der Waals surface area contributed by atoms with E-state index in [2.05, 4.69) is 10.3 Å². The smallest absolute Gasteiger partial charge is 0.252 e. The van der Waals surface area contributed by atoms with Crippen LogP contribution in [0, 0.1) is 12.7 Å². The maximum Gasteiger partial charge on any atom is 0.252 e. The van der Waals surface area contributed by atoms with E-state index in [1.807, 2.05) is 30.3 Å². The van der Waals surface area contributed by atoms with Crippen molar-refractivity contribution in [2.75, 3.05) is 6.54 Å². The molecule has 1 heterocycles. The zero-order valence-electron chi connectivity index (χ0n) is 13.9. The van der Waals surface area contributed by atoms with Crippen LogP contribution in [0.25, 0.3) is 10.9 Å². The van der Waals surface area contributed by atoms with Gasteiger partial charge in [0.15, 0.2) is 0 Å². The number of carbonyl (C=O) groups is 1. The Bertz CT molecular complexity index is 892. The summed E-state index contributed by atoms with van der Waals surface area (Å²) in [4.78, 5) is 16.8. The molecule has 0 saturated carbocycles. The summed E-state index contributed by atoms with van der Waals surface area (Å²) in [6, 6.07) is 15.2. The highest BCUT2D eigenvalue weighted by atomic mass is 19.1. The second kappa shape index (κ2) is 7.40.